The molecule has 1 heterocycles. The first-order valence-electron chi connectivity index (χ1n) is 11.2. The summed E-state index contributed by atoms with van der Waals surface area (Å²) in [6.07, 6.45) is 1.21. The molecule has 162 valence electrons. The molecular formula is C27H38N2O. The van der Waals surface area contributed by atoms with Gasteiger partial charge in [0, 0.05) is 45.1 Å². The topological polar surface area (TPSA) is 24.5 Å². The highest BCUT2D eigenvalue weighted by Crippen LogP contribution is 2.25. The van der Waals surface area contributed by atoms with Gasteiger partial charge in [-0.2, -0.15) is 0 Å². The summed E-state index contributed by atoms with van der Waals surface area (Å²) in [5.41, 5.74) is 4.03. The zero-order valence-electron chi connectivity index (χ0n) is 19.3. The zero-order valence-corrected chi connectivity index (χ0v) is 19.3. The number of methoxy groups -OCH3 is 1. The van der Waals surface area contributed by atoms with Gasteiger partial charge in [-0.15, -0.1) is 0 Å². The third-order valence-electron chi connectivity index (χ3n) is 5.29. The van der Waals surface area contributed by atoms with E-state index >= 15 is 0 Å². The normalized spacial score (nSPS) is 15.2. The highest BCUT2D eigenvalue weighted by molar-refractivity contribution is 5.85. The van der Waals surface area contributed by atoms with Crippen molar-refractivity contribution in [3.8, 4) is 0 Å². The van der Waals surface area contributed by atoms with Crippen molar-refractivity contribution in [3.63, 3.8) is 0 Å². The Balaban J connectivity index is 0.000000481. The minimum absolute atomic E-state index is 0.567. The van der Waals surface area contributed by atoms with Gasteiger partial charge in [-0.3, -0.25) is 0 Å². The van der Waals surface area contributed by atoms with E-state index in [-0.39, 0.29) is 0 Å². The fourth-order valence-electron chi connectivity index (χ4n) is 3.50. The van der Waals surface area contributed by atoms with Gasteiger partial charge in [-0.25, -0.2) is 0 Å². The highest BCUT2D eigenvalue weighted by Gasteiger charge is 2.22. The van der Waals surface area contributed by atoms with Gasteiger partial charge >= 0.3 is 0 Å². The summed E-state index contributed by atoms with van der Waals surface area (Å²) in [5, 5.41) is 6.35. The van der Waals surface area contributed by atoms with Crippen LogP contribution in [0.25, 0.3) is 10.8 Å². The number of nitrogens with zero attached hydrogens (tertiary/aromatic N) is 1. The van der Waals surface area contributed by atoms with Gasteiger partial charge in [0.05, 0.1) is 0 Å². The molecule has 3 heteroatoms. The van der Waals surface area contributed by atoms with Crippen molar-refractivity contribution < 1.29 is 4.74 Å². The molecule has 0 spiro atoms. The number of aryl methyl sites for hydroxylation is 1. The first kappa shape index (κ1) is 23.9. The second-order valence-electron chi connectivity index (χ2n) is 7.41. The van der Waals surface area contributed by atoms with Crippen LogP contribution in [0.1, 0.15) is 38.3 Å². The Morgan fingerprint density at radius 2 is 1.63 bits per heavy atom. The molecule has 3 nitrogen and oxygen atoms in total. The first-order valence-corrected chi connectivity index (χ1v) is 11.2. The number of rotatable bonds is 5. The maximum Gasteiger partial charge on any atom is 0.0433 e. The van der Waals surface area contributed by atoms with E-state index in [1.807, 2.05) is 20.8 Å². The number of anilines is 1. The van der Waals surface area contributed by atoms with Crippen molar-refractivity contribution in [1.29, 1.82) is 0 Å². The molecule has 1 aliphatic heterocycles. The van der Waals surface area contributed by atoms with Crippen molar-refractivity contribution in [3.05, 3.63) is 77.9 Å². The lowest BCUT2D eigenvalue weighted by atomic mass is 10.1. The minimum atomic E-state index is 0.567. The average Bonchev–Trinajstić information content (AvgIpc) is 3.29. The van der Waals surface area contributed by atoms with Crippen LogP contribution in [0, 0.1) is 6.92 Å². The third-order valence-corrected chi connectivity index (χ3v) is 5.29. The Kier molecular flexibility index (Phi) is 10.4. The van der Waals surface area contributed by atoms with Crippen molar-refractivity contribution in [2.45, 2.75) is 46.7 Å². The second kappa shape index (κ2) is 13.0. The quantitative estimate of drug-likeness (QED) is 0.546. The van der Waals surface area contributed by atoms with Crippen LogP contribution in [0.4, 0.5) is 5.69 Å². The molecular weight excluding hydrogens is 368 g/mol. The summed E-state index contributed by atoms with van der Waals surface area (Å²) in [4.78, 5) is 2.50. The molecule has 1 unspecified atom stereocenters. The van der Waals surface area contributed by atoms with Gasteiger partial charge in [0.25, 0.3) is 0 Å². The number of hydrogen-bond acceptors (Lipinski definition) is 3. The molecule has 1 N–H and O–H groups in total. The molecule has 3 aromatic rings. The van der Waals surface area contributed by atoms with E-state index in [1.165, 1.54) is 34.0 Å². The Morgan fingerprint density at radius 1 is 0.967 bits per heavy atom. The Bertz CT molecular complexity index is 858. The third kappa shape index (κ3) is 7.16. The number of nitrogens with one attached hydrogen (secondary N) is 1. The summed E-state index contributed by atoms with van der Waals surface area (Å²) in [5.74, 6) is 0. The predicted molar refractivity (Wildman–Crippen MR) is 131 cm³/mol. The van der Waals surface area contributed by atoms with Crippen LogP contribution < -0.4 is 10.2 Å². The van der Waals surface area contributed by atoms with Crippen LogP contribution in [0.2, 0.25) is 0 Å². The van der Waals surface area contributed by atoms with E-state index in [9.17, 15) is 0 Å². The molecule has 1 saturated heterocycles. The summed E-state index contributed by atoms with van der Waals surface area (Å²) in [6.45, 7) is 12.1. The van der Waals surface area contributed by atoms with Crippen molar-refractivity contribution in [2.24, 2.45) is 0 Å². The predicted octanol–water partition coefficient (Wildman–Crippen LogP) is 6.20. The average molecular weight is 407 g/mol. The van der Waals surface area contributed by atoms with Gasteiger partial charge in [0.1, 0.15) is 0 Å². The van der Waals surface area contributed by atoms with Crippen LogP contribution in [-0.2, 0) is 11.3 Å². The Labute approximate surface area is 183 Å². The summed E-state index contributed by atoms with van der Waals surface area (Å²) < 4.78 is 4.54. The van der Waals surface area contributed by atoms with Gasteiger partial charge in [-0.05, 0) is 48.7 Å². The minimum Gasteiger partial charge on any atom is -0.385 e. The first-order chi connectivity index (χ1) is 14.7. The molecule has 0 saturated carbocycles. The van der Waals surface area contributed by atoms with Crippen molar-refractivity contribution in [1.82, 2.24) is 5.32 Å². The summed E-state index contributed by atoms with van der Waals surface area (Å²) in [7, 11) is 1.68. The Hall–Kier alpha value is -2.36. The molecule has 3 aromatic carbocycles. The number of hydrogen-bond donors (Lipinski definition) is 1. The fourth-order valence-corrected chi connectivity index (χ4v) is 3.50. The van der Waals surface area contributed by atoms with Gasteiger partial charge < -0.3 is 15.0 Å². The van der Waals surface area contributed by atoms with E-state index in [4.69, 9.17) is 0 Å². The van der Waals surface area contributed by atoms with Crippen LogP contribution in [0.3, 0.4) is 0 Å². The van der Waals surface area contributed by atoms with Crippen LogP contribution in [0.5, 0.6) is 0 Å². The molecule has 0 aromatic heterocycles. The van der Waals surface area contributed by atoms with Gasteiger partial charge in [0.2, 0.25) is 0 Å². The monoisotopic (exact) mass is 406 g/mol. The molecule has 0 aliphatic carbocycles. The van der Waals surface area contributed by atoms with E-state index in [1.54, 1.807) is 7.11 Å². The van der Waals surface area contributed by atoms with E-state index in [0.29, 0.717) is 6.04 Å². The molecule has 30 heavy (non-hydrogen) atoms. The molecule has 1 fully saturated rings. The summed E-state index contributed by atoms with van der Waals surface area (Å²) in [6, 6.07) is 24.8. The van der Waals surface area contributed by atoms with Crippen molar-refractivity contribution >= 4 is 16.5 Å². The maximum absolute atomic E-state index is 4.54. The second-order valence-corrected chi connectivity index (χ2v) is 7.41. The number of benzene rings is 3. The van der Waals surface area contributed by atoms with Crippen molar-refractivity contribution in [2.75, 3.05) is 31.7 Å². The molecule has 4 rings (SSSR count). The summed E-state index contributed by atoms with van der Waals surface area (Å²) >= 11 is 0. The highest BCUT2D eigenvalue weighted by atomic mass is 16.5. The largest absolute Gasteiger partial charge is 0.385 e. The van der Waals surface area contributed by atoms with E-state index in [2.05, 4.69) is 88.6 Å². The van der Waals surface area contributed by atoms with E-state index in [0.717, 1.165) is 26.2 Å². The van der Waals surface area contributed by atoms with E-state index < -0.39 is 0 Å². The van der Waals surface area contributed by atoms with Gasteiger partial charge in [-0.1, -0.05) is 74.0 Å². The lowest BCUT2D eigenvalue weighted by Crippen LogP contribution is -2.32. The molecule has 0 bridgehead atoms. The maximum atomic E-state index is 4.54. The standard InChI is InChI=1S/C22H24N2.C3H8O.C2H6/c1-17-6-8-18(9-7-17)15-23-21-12-13-24(16-21)22-11-10-19-4-2-3-5-20(19)14-22;1-3-4-2;1-2/h2-11,14,21,23H,12-13,15-16H2,1H3;3H2,1-2H3;1-2H3. The lowest BCUT2D eigenvalue weighted by molar-refractivity contribution is 0.215. The zero-order chi connectivity index (χ0) is 21.8. The molecule has 0 radical (unpaired) electrons. The van der Waals surface area contributed by atoms with Crippen LogP contribution >= 0.6 is 0 Å². The molecule has 1 aliphatic rings. The SMILES string of the molecule is CC.CCOC.Cc1ccc(CNC2CCN(c3ccc4ccccc4c3)C2)cc1. The van der Waals surface area contributed by atoms with Crippen LogP contribution in [-0.4, -0.2) is 32.8 Å². The smallest absolute Gasteiger partial charge is 0.0433 e. The molecule has 1 atom stereocenters. The number of ether oxygens (including phenoxy) is 1. The number of fused-ring (bicyclic) bond motifs is 1. The lowest BCUT2D eigenvalue weighted by Gasteiger charge is -2.20. The van der Waals surface area contributed by atoms with Gasteiger partial charge in [0.15, 0.2) is 0 Å². The fraction of sp³-hybridized carbons (Fsp3) is 0.407. The Morgan fingerprint density at radius 3 is 2.30 bits per heavy atom. The molecule has 0 amide bonds. The van der Waals surface area contributed by atoms with Crippen LogP contribution in [0.15, 0.2) is 66.7 Å².